The Labute approximate surface area is 71.0 Å². The van der Waals surface area contributed by atoms with Crippen molar-refractivity contribution in [1.82, 2.24) is 4.98 Å². The van der Waals surface area contributed by atoms with Crippen molar-refractivity contribution in [3.63, 3.8) is 0 Å². The summed E-state index contributed by atoms with van der Waals surface area (Å²) in [7, 11) is 0. The van der Waals surface area contributed by atoms with Crippen molar-refractivity contribution in [3.05, 3.63) is 16.1 Å². The van der Waals surface area contributed by atoms with Gasteiger partial charge < -0.3 is 0 Å². The molecule has 1 heterocycles. The van der Waals surface area contributed by atoms with E-state index < -0.39 is 0 Å². The second-order valence-electron chi connectivity index (χ2n) is 2.62. The number of hydrogen-bond donors (Lipinski definition) is 0. The quantitative estimate of drug-likeness (QED) is 0.623. The van der Waals surface area contributed by atoms with E-state index >= 15 is 0 Å². The first kappa shape index (κ1) is 8.40. The summed E-state index contributed by atoms with van der Waals surface area (Å²) in [5.74, 6) is 0. The predicted molar refractivity (Wildman–Crippen MR) is 49.3 cm³/mol. The summed E-state index contributed by atoms with van der Waals surface area (Å²) < 4.78 is 0. The molecule has 0 saturated heterocycles. The van der Waals surface area contributed by atoms with Crippen LogP contribution < -0.4 is 0 Å². The molecule has 11 heavy (non-hydrogen) atoms. The number of thiazole rings is 1. The van der Waals surface area contributed by atoms with Gasteiger partial charge in [0, 0.05) is 11.1 Å². The molecule has 1 rings (SSSR count). The maximum Gasteiger partial charge on any atom is 0.0898 e. The van der Waals surface area contributed by atoms with Crippen LogP contribution >= 0.6 is 11.3 Å². The largest absolute Gasteiger partial charge is 0.288 e. The van der Waals surface area contributed by atoms with E-state index in [9.17, 15) is 0 Å². The summed E-state index contributed by atoms with van der Waals surface area (Å²) in [4.78, 5) is 8.56. The van der Waals surface area contributed by atoms with Crippen LogP contribution in [0.1, 0.15) is 24.5 Å². The van der Waals surface area contributed by atoms with Gasteiger partial charge in [-0.1, -0.05) is 0 Å². The molecule has 3 heteroatoms. The molecule has 0 fully saturated rings. The van der Waals surface area contributed by atoms with Crippen LogP contribution in [0.2, 0.25) is 0 Å². The second-order valence-corrected chi connectivity index (χ2v) is 3.68. The summed E-state index contributed by atoms with van der Waals surface area (Å²) in [6.45, 7) is 6.74. The highest BCUT2D eigenvalue weighted by molar-refractivity contribution is 7.09. The third-order valence-corrected chi connectivity index (χ3v) is 2.05. The Balaban J connectivity index is 2.58. The van der Waals surface area contributed by atoms with E-state index in [2.05, 4.69) is 15.4 Å². The zero-order valence-electron chi connectivity index (χ0n) is 7.09. The molecule has 0 unspecified atom stereocenters. The van der Waals surface area contributed by atoms with Gasteiger partial charge in [0.1, 0.15) is 0 Å². The Morgan fingerprint density at radius 1 is 1.64 bits per heavy atom. The fourth-order valence-electron chi connectivity index (χ4n) is 0.720. The van der Waals surface area contributed by atoms with E-state index in [0.29, 0.717) is 0 Å². The summed E-state index contributed by atoms with van der Waals surface area (Å²) in [5, 5.41) is 3.17. The number of aryl methyl sites for hydroxylation is 1. The lowest BCUT2D eigenvalue weighted by Crippen LogP contribution is -1.86. The molecule has 0 amide bonds. The summed E-state index contributed by atoms with van der Waals surface area (Å²) in [5.41, 5.74) is 2.18. The molecule has 0 radical (unpaired) electrons. The number of aromatic nitrogens is 1. The molecule has 0 N–H and O–H groups in total. The topological polar surface area (TPSA) is 25.2 Å². The molecule has 60 valence electrons. The number of rotatable bonds is 2. The van der Waals surface area contributed by atoms with E-state index in [1.807, 2.05) is 20.8 Å². The van der Waals surface area contributed by atoms with Crippen LogP contribution in [0.4, 0.5) is 0 Å². The van der Waals surface area contributed by atoms with Crippen LogP contribution in [0.3, 0.4) is 0 Å². The highest BCUT2D eigenvalue weighted by Crippen LogP contribution is 2.08. The Morgan fingerprint density at radius 3 is 2.82 bits per heavy atom. The smallest absolute Gasteiger partial charge is 0.0898 e. The summed E-state index contributed by atoms with van der Waals surface area (Å²) in [6.07, 6.45) is 0. The molecule has 0 atom stereocenters. The molecule has 1 aromatic heterocycles. The lowest BCUT2D eigenvalue weighted by molar-refractivity contribution is 0.995. The SMILES string of the molecule is CC(C)=NCc1csc(C)n1. The van der Waals surface area contributed by atoms with Crippen molar-refractivity contribution in [1.29, 1.82) is 0 Å². The lowest BCUT2D eigenvalue weighted by atomic mass is 10.4. The van der Waals surface area contributed by atoms with Crippen molar-refractivity contribution < 1.29 is 0 Å². The Bertz CT molecular complexity index is 259. The summed E-state index contributed by atoms with van der Waals surface area (Å²) in [6, 6.07) is 0. The van der Waals surface area contributed by atoms with E-state index in [1.165, 1.54) is 0 Å². The van der Waals surface area contributed by atoms with Gasteiger partial charge in [0.25, 0.3) is 0 Å². The highest BCUT2D eigenvalue weighted by atomic mass is 32.1. The number of hydrogen-bond acceptors (Lipinski definition) is 3. The maximum atomic E-state index is 4.29. The molecule has 0 aliphatic heterocycles. The average molecular weight is 168 g/mol. The van der Waals surface area contributed by atoms with E-state index in [-0.39, 0.29) is 0 Å². The minimum absolute atomic E-state index is 0.729. The van der Waals surface area contributed by atoms with Crippen LogP contribution in [0, 0.1) is 6.92 Å². The van der Waals surface area contributed by atoms with Crippen molar-refractivity contribution in [2.24, 2.45) is 4.99 Å². The molecule has 1 aromatic rings. The van der Waals surface area contributed by atoms with Gasteiger partial charge >= 0.3 is 0 Å². The van der Waals surface area contributed by atoms with Gasteiger partial charge in [-0.3, -0.25) is 4.99 Å². The zero-order chi connectivity index (χ0) is 8.27. The van der Waals surface area contributed by atoms with Crippen molar-refractivity contribution in [2.75, 3.05) is 0 Å². The molecule has 0 saturated carbocycles. The lowest BCUT2D eigenvalue weighted by Gasteiger charge is -1.89. The molecule has 0 aliphatic carbocycles. The standard InChI is InChI=1S/C8H12N2S/c1-6(2)9-4-8-5-11-7(3)10-8/h5H,4H2,1-3H3. The van der Waals surface area contributed by atoms with Crippen molar-refractivity contribution in [3.8, 4) is 0 Å². The van der Waals surface area contributed by atoms with Gasteiger partial charge in [0.05, 0.1) is 17.2 Å². The molecular weight excluding hydrogens is 156 g/mol. The average Bonchev–Trinajstić information content (AvgIpc) is 2.31. The molecule has 2 nitrogen and oxygen atoms in total. The molecule has 0 aromatic carbocycles. The third kappa shape index (κ3) is 2.80. The fraction of sp³-hybridized carbons (Fsp3) is 0.500. The van der Waals surface area contributed by atoms with E-state index in [0.717, 1.165) is 23.0 Å². The van der Waals surface area contributed by atoms with Crippen LogP contribution in [0.5, 0.6) is 0 Å². The Kier molecular flexibility index (Phi) is 2.76. The maximum absolute atomic E-state index is 4.29. The van der Waals surface area contributed by atoms with Gasteiger partial charge in [-0.15, -0.1) is 11.3 Å². The Hall–Kier alpha value is -0.700. The normalized spacial score (nSPS) is 9.73. The molecule has 0 aliphatic rings. The predicted octanol–water partition coefficient (Wildman–Crippen LogP) is 2.43. The van der Waals surface area contributed by atoms with Gasteiger partial charge in [-0.2, -0.15) is 0 Å². The first-order chi connectivity index (χ1) is 5.18. The Morgan fingerprint density at radius 2 is 2.36 bits per heavy atom. The molecular formula is C8H12N2S. The van der Waals surface area contributed by atoms with Crippen LogP contribution in [0.25, 0.3) is 0 Å². The third-order valence-electron chi connectivity index (χ3n) is 1.22. The minimum Gasteiger partial charge on any atom is -0.288 e. The number of aliphatic imine (C=N–C) groups is 1. The van der Waals surface area contributed by atoms with Crippen LogP contribution in [0.15, 0.2) is 10.4 Å². The van der Waals surface area contributed by atoms with Gasteiger partial charge in [-0.25, -0.2) is 4.98 Å². The summed E-state index contributed by atoms with van der Waals surface area (Å²) >= 11 is 1.68. The fourth-order valence-corrected chi connectivity index (χ4v) is 1.32. The minimum atomic E-state index is 0.729. The van der Waals surface area contributed by atoms with Crippen molar-refractivity contribution in [2.45, 2.75) is 27.3 Å². The second kappa shape index (κ2) is 3.62. The van der Waals surface area contributed by atoms with Crippen molar-refractivity contribution >= 4 is 17.0 Å². The van der Waals surface area contributed by atoms with E-state index in [4.69, 9.17) is 0 Å². The molecule has 0 bridgehead atoms. The first-order valence-corrected chi connectivity index (χ1v) is 4.45. The van der Waals surface area contributed by atoms with Gasteiger partial charge in [-0.05, 0) is 20.8 Å². The van der Waals surface area contributed by atoms with Crippen LogP contribution in [-0.4, -0.2) is 10.7 Å². The monoisotopic (exact) mass is 168 g/mol. The van der Waals surface area contributed by atoms with Gasteiger partial charge in [0.15, 0.2) is 0 Å². The van der Waals surface area contributed by atoms with Gasteiger partial charge in [0.2, 0.25) is 0 Å². The highest BCUT2D eigenvalue weighted by Gasteiger charge is 1.94. The van der Waals surface area contributed by atoms with E-state index in [1.54, 1.807) is 11.3 Å². The number of nitrogens with zero attached hydrogens (tertiary/aromatic N) is 2. The zero-order valence-corrected chi connectivity index (χ0v) is 7.90. The first-order valence-electron chi connectivity index (χ1n) is 3.57. The molecule has 0 spiro atoms. The van der Waals surface area contributed by atoms with Crippen LogP contribution in [-0.2, 0) is 6.54 Å².